The number of rotatable bonds is 4. The highest BCUT2D eigenvalue weighted by Gasteiger charge is 2.13. The average molecular weight is 219 g/mol. The Labute approximate surface area is 88.1 Å². The van der Waals surface area contributed by atoms with Crippen molar-refractivity contribution in [2.45, 2.75) is 31.7 Å². The molecule has 0 bridgehead atoms. The zero-order valence-electron chi connectivity index (χ0n) is 8.48. The molecule has 5 heteroatoms. The van der Waals surface area contributed by atoms with E-state index in [0.29, 0.717) is 0 Å². The normalized spacial score (nSPS) is 27.1. The van der Waals surface area contributed by atoms with Crippen molar-refractivity contribution in [3.63, 3.8) is 0 Å². The van der Waals surface area contributed by atoms with E-state index >= 15 is 0 Å². The summed E-state index contributed by atoms with van der Waals surface area (Å²) < 4.78 is 20.7. The van der Waals surface area contributed by atoms with E-state index < -0.39 is 11.1 Å². The molecule has 2 unspecified atom stereocenters. The molecule has 14 heavy (non-hydrogen) atoms. The van der Waals surface area contributed by atoms with Crippen molar-refractivity contribution in [1.29, 1.82) is 0 Å². The summed E-state index contributed by atoms with van der Waals surface area (Å²) >= 11 is -1.89. The standard InChI is InChI=1S/C9H20N2O2S/c10-9-4-1-2-5-11(8-9)6-3-7-14(12)13/h9H,1-8,10H2,(H,12,13)/p-1. The van der Waals surface area contributed by atoms with Crippen LogP contribution >= 0.6 is 0 Å². The highest BCUT2D eigenvalue weighted by Crippen LogP contribution is 2.09. The number of nitrogens with two attached hydrogens (primary N) is 1. The topological polar surface area (TPSA) is 69.4 Å². The largest absolute Gasteiger partial charge is 0.772 e. The minimum absolute atomic E-state index is 0.270. The van der Waals surface area contributed by atoms with E-state index in [4.69, 9.17) is 5.73 Å². The van der Waals surface area contributed by atoms with Gasteiger partial charge in [0.25, 0.3) is 0 Å². The average Bonchev–Trinajstić information content (AvgIpc) is 2.29. The predicted octanol–water partition coefficient (Wildman–Crippen LogP) is 0.0688. The van der Waals surface area contributed by atoms with Crippen LogP contribution in [0.2, 0.25) is 0 Å². The highest BCUT2D eigenvalue weighted by molar-refractivity contribution is 7.79. The number of hydrogen-bond donors (Lipinski definition) is 1. The lowest BCUT2D eigenvalue weighted by atomic mass is 10.2. The van der Waals surface area contributed by atoms with Gasteiger partial charge in [0.2, 0.25) is 0 Å². The van der Waals surface area contributed by atoms with Gasteiger partial charge in [0, 0.05) is 18.3 Å². The first-order valence-electron chi connectivity index (χ1n) is 5.22. The van der Waals surface area contributed by atoms with Crippen LogP contribution in [0.5, 0.6) is 0 Å². The molecule has 84 valence electrons. The number of hydrogen-bond acceptors (Lipinski definition) is 4. The van der Waals surface area contributed by atoms with E-state index in [1.54, 1.807) is 0 Å². The second kappa shape index (κ2) is 6.50. The predicted molar refractivity (Wildman–Crippen MR) is 56.7 cm³/mol. The maximum absolute atomic E-state index is 10.3. The molecule has 0 aromatic carbocycles. The van der Waals surface area contributed by atoms with E-state index in [2.05, 4.69) is 4.90 Å². The lowest BCUT2D eigenvalue weighted by Gasteiger charge is -2.22. The van der Waals surface area contributed by atoms with Crippen molar-refractivity contribution in [3.8, 4) is 0 Å². The third-order valence-corrected chi connectivity index (χ3v) is 3.20. The molecule has 1 aliphatic rings. The summed E-state index contributed by atoms with van der Waals surface area (Å²) in [5.74, 6) is 0.270. The van der Waals surface area contributed by atoms with Gasteiger partial charge in [-0.3, -0.25) is 4.21 Å². The summed E-state index contributed by atoms with van der Waals surface area (Å²) in [4.78, 5) is 2.28. The van der Waals surface area contributed by atoms with Crippen LogP contribution in [0.4, 0.5) is 0 Å². The van der Waals surface area contributed by atoms with E-state index in [9.17, 15) is 8.76 Å². The van der Waals surface area contributed by atoms with Gasteiger partial charge in [-0.25, -0.2) is 0 Å². The second-order valence-electron chi connectivity index (χ2n) is 3.92. The Morgan fingerprint density at radius 2 is 2.29 bits per heavy atom. The van der Waals surface area contributed by atoms with Crippen LogP contribution in [-0.4, -0.2) is 45.1 Å². The Morgan fingerprint density at radius 1 is 1.50 bits per heavy atom. The van der Waals surface area contributed by atoms with Crippen molar-refractivity contribution < 1.29 is 8.76 Å². The minimum Gasteiger partial charge on any atom is -0.772 e. The van der Waals surface area contributed by atoms with E-state index in [1.807, 2.05) is 0 Å². The molecule has 0 amide bonds. The molecule has 1 fully saturated rings. The lowest BCUT2D eigenvalue weighted by Crippen LogP contribution is -2.36. The van der Waals surface area contributed by atoms with Gasteiger partial charge in [0.05, 0.1) is 0 Å². The van der Waals surface area contributed by atoms with Crippen molar-refractivity contribution in [2.24, 2.45) is 5.73 Å². The van der Waals surface area contributed by atoms with Gasteiger partial charge in [0.15, 0.2) is 0 Å². The van der Waals surface area contributed by atoms with E-state index in [1.165, 1.54) is 12.8 Å². The van der Waals surface area contributed by atoms with Gasteiger partial charge < -0.3 is 15.2 Å². The van der Waals surface area contributed by atoms with Gasteiger partial charge in [-0.1, -0.05) is 17.5 Å². The monoisotopic (exact) mass is 219 g/mol. The highest BCUT2D eigenvalue weighted by atomic mass is 32.2. The Kier molecular flexibility index (Phi) is 5.62. The summed E-state index contributed by atoms with van der Waals surface area (Å²) in [6.07, 6.45) is 4.21. The molecule has 2 atom stereocenters. The Balaban J connectivity index is 2.18. The molecule has 0 radical (unpaired) electrons. The molecule has 1 aliphatic heterocycles. The summed E-state index contributed by atoms with van der Waals surface area (Å²) in [6.45, 7) is 2.85. The van der Waals surface area contributed by atoms with Crippen molar-refractivity contribution in [3.05, 3.63) is 0 Å². The summed E-state index contributed by atoms with van der Waals surface area (Å²) in [6, 6.07) is 0.273. The smallest absolute Gasteiger partial charge is 0.0167 e. The quantitative estimate of drug-likeness (QED) is 0.679. The molecule has 0 aromatic rings. The summed E-state index contributed by atoms with van der Waals surface area (Å²) in [5.41, 5.74) is 5.89. The SMILES string of the molecule is NC1CCCCN(CCCS(=O)[O-])C1. The Hall–Kier alpha value is 0.0300. The molecule has 4 nitrogen and oxygen atoms in total. The molecule has 0 aromatic heterocycles. The van der Waals surface area contributed by atoms with E-state index in [-0.39, 0.29) is 11.8 Å². The molecule has 1 heterocycles. The third kappa shape index (κ3) is 5.05. The fourth-order valence-corrected chi connectivity index (χ4v) is 2.23. The summed E-state index contributed by atoms with van der Waals surface area (Å²) in [5, 5.41) is 0. The maximum Gasteiger partial charge on any atom is 0.0167 e. The van der Waals surface area contributed by atoms with Gasteiger partial charge in [-0.2, -0.15) is 0 Å². The first-order valence-corrected chi connectivity index (χ1v) is 6.46. The molecule has 1 rings (SSSR count). The van der Waals surface area contributed by atoms with Crippen molar-refractivity contribution >= 4 is 11.1 Å². The molecule has 0 aliphatic carbocycles. The van der Waals surface area contributed by atoms with Crippen LogP contribution in [-0.2, 0) is 11.1 Å². The van der Waals surface area contributed by atoms with Gasteiger partial charge in [-0.15, -0.1) is 0 Å². The molecule has 0 saturated carbocycles. The molecule has 1 saturated heterocycles. The fourth-order valence-electron chi connectivity index (χ4n) is 1.87. The Morgan fingerprint density at radius 3 is 3.00 bits per heavy atom. The second-order valence-corrected chi connectivity index (χ2v) is 4.93. The first-order chi connectivity index (χ1) is 6.68. The first kappa shape index (κ1) is 12.1. The van der Waals surface area contributed by atoms with Crippen LogP contribution in [0.1, 0.15) is 25.7 Å². The van der Waals surface area contributed by atoms with Gasteiger partial charge in [-0.05, 0) is 32.4 Å². The van der Waals surface area contributed by atoms with Crippen molar-refractivity contribution in [2.75, 3.05) is 25.4 Å². The van der Waals surface area contributed by atoms with Gasteiger partial charge >= 0.3 is 0 Å². The van der Waals surface area contributed by atoms with Gasteiger partial charge in [0.1, 0.15) is 0 Å². The summed E-state index contributed by atoms with van der Waals surface area (Å²) in [7, 11) is 0. The third-order valence-electron chi connectivity index (χ3n) is 2.58. The van der Waals surface area contributed by atoms with E-state index in [0.717, 1.165) is 32.5 Å². The molecular formula is C9H19N2O2S-. The van der Waals surface area contributed by atoms with Crippen LogP contribution in [0.15, 0.2) is 0 Å². The minimum atomic E-state index is -1.89. The molecule has 0 spiro atoms. The van der Waals surface area contributed by atoms with Crippen LogP contribution in [0.25, 0.3) is 0 Å². The Bertz CT molecular complexity index is 190. The van der Waals surface area contributed by atoms with Crippen LogP contribution < -0.4 is 5.73 Å². The lowest BCUT2D eigenvalue weighted by molar-refractivity contribution is 0.274. The molecule has 2 N–H and O–H groups in total. The number of nitrogens with zero attached hydrogens (tertiary/aromatic N) is 1. The zero-order chi connectivity index (χ0) is 10.4. The van der Waals surface area contributed by atoms with Crippen molar-refractivity contribution in [1.82, 2.24) is 4.90 Å². The molecular weight excluding hydrogens is 200 g/mol. The maximum atomic E-state index is 10.3. The van der Waals surface area contributed by atoms with Crippen LogP contribution in [0.3, 0.4) is 0 Å². The number of likely N-dealkylation sites (tertiary alicyclic amines) is 1. The zero-order valence-corrected chi connectivity index (χ0v) is 9.30. The van der Waals surface area contributed by atoms with Crippen LogP contribution in [0, 0.1) is 0 Å². The fraction of sp³-hybridized carbons (Fsp3) is 1.00.